The fourth-order valence-electron chi connectivity index (χ4n) is 1.48. The molecular formula is C11H17BrF3NO3. The molecule has 1 atom stereocenters. The SMILES string of the molecule is CC(C)(C)C(C(=O)O)N(F)C(=O)C(F)(F)CCCBr. The van der Waals surface area contributed by atoms with E-state index in [0.29, 0.717) is 0 Å². The maximum Gasteiger partial charge on any atom is 0.329 e. The lowest BCUT2D eigenvalue weighted by atomic mass is 9.86. The van der Waals surface area contributed by atoms with Crippen molar-refractivity contribution in [3.63, 3.8) is 0 Å². The Morgan fingerprint density at radius 1 is 1.32 bits per heavy atom. The van der Waals surface area contributed by atoms with E-state index in [4.69, 9.17) is 5.11 Å². The molecule has 0 saturated carbocycles. The van der Waals surface area contributed by atoms with E-state index in [1.807, 2.05) is 0 Å². The van der Waals surface area contributed by atoms with Crippen LogP contribution >= 0.6 is 15.9 Å². The van der Waals surface area contributed by atoms with Crippen LogP contribution in [-0.4, -0.2) is 39.4 Å². The molecule has 8 heteroatoms. The summed E-state index contributed by atoms with van der Waals surface area (Å²) in [5, 5.41) is 8.26. The molecule has 112 valence electrons. The zero-order valence-corrected chi connectivity index (χ0v) is 12.5. The number of aliphatic carboxylic acids is 1. The molecule has 0 radical (unpaired) electrons. The highest BCUT2D eigenvalue weighted by molar-refractivity contribution is 9.09. The van der Waals surface area contributed by atoms with Crippen molar-refractivity contribution in [1.29, 1.82) is 0 Å². The predicted octanol–water partition coefficient (Wildman–Crippen LogP) is 3.01. The number of hydrogen-bond donors (Lipinski definition) is 1. The van der Waals surface area contributed by atoms with Crippen LogP contribution < -0.4 is 0 Å². The van der Waals surface area contributed by atoms with E-state index < -0.39 is 40.8 Å². The van der Waals surface area contributed by atoms with Crippen LogP contribution in [-0.2, 0) is 9.59 Å². The molecule has 19 heavy (non-hydrogen) atoms. The van der Waals surface area contributed by atoms with Crippen molar-refractivity contribution >= 4 is 27.8 Å². The minimum atomic E-state index is -3.92. The molecular weight excluding hydrogens is 331 g/mol. The highest BCUT2D eigenvalue weighted by Crippen LogP contribution is 2.30. The number of hydrogen-bond acceptors (Lipinski definition) is 2. The molecule has 0 fully saturated rings. The highest BCUT2D eigenvalue weighted by Gasteiger charge is 2.49. The lowest BCUT2D eigenvalue weighted by molar-refractivity contribution is -0.192. The number of carbonyl (C=O) groups is 2. The van der Waals surface area contributed by atoms with Crippen LogP contribution in [0.15, 0.2) is 0 Å². The van der Waals surface area contributed by atoms with E-state index >= 15 is 0 Å². The molecule has 1 amide bonds. The van der Waals surface area contributed by atoms with Gasteiger partial charge in [0.1, 0.15) is 0 Å². The van der Waals surface area contributed by atoms with Gasteiger partial charge in [0, 0.05) is 11.8 Å². The largest absolute Gasteiger partial charge is 0.480 e. The van der Waals surface area contributed by atoms with E-state index in [0.717, 1.165) is 0 Å². The Bertz CT molecular complexity index is 345. The lowest BCUT2D eigenvalue weighted by Crippen LogP contribution is -2.52. The standard InChI is InChI=1S/C11H17BrF3NO3/c1-10(2,3)7(8(17)18)16(15)9(19)11(13,14)5-4-6-12/h7H,4-6H2,1-3H3,(H,17,18). The first-order chi connectivity index (χ1) is 8.45. The van der Waals surface area contributed by atoms with Crippen LogP contribution in [0.5, 0.6) is 0 Å². The third-order valence-electron chi connectivity index (χ3n) is 2.41. The van der Waals surface area contributed by atoms with Gasteiger partial charge in [0.25, 0.3) is 0 Å². The Labute approximate surface area is 118 Å². The molecule has 0 rings (SSSR count). The molecule has 0 aliphatic heterocycles. The molecule has 4 nitrogen and oxygen atoms in total. The zero-order chi connectivity index (χ0) is 15.4. The number of amides is 1. The van der Waals surface area contributed by atoms with Crippen molar-refractivity contribution < 1.29 is 28.0 Å². The Kier molecular flexibility index (Phi) is 6.31. The number of carboxylic acids is 1. The Morgan fingerprint density at radius 3 is 2.11 bits per heavy atom. The summed E-state index contributed by atoms with van der Waals surface area (Å²) in [6, 6.07) is -1.96. The number of rotatable bonds is 6. The molecule has 0 aliphatic rings. The maximum atomic E-state index is 13.7. The zero-order valence-electron chi connectivity index (χ0n) is 10.9. The van der Waals surface area contributed by atoms with Crippen LogP contribution in [0.4, 0.5) is 13.3 Å². The number of nitrogens with zero attached hydrogens (tertiary/aromatic N) is 1. The van der Waals surface area contributed by atoms with Gasteiger partial charge in [-0.15, -0.1) is 0 Å². The third-order valence-corrected chi connectivity index (χ3v) is 2.97. The normalized spacial score (nSPS) is 14.1. The average Bonchev–Trinajstić information content (AvgIpc) is 2.22. The first kappa shape index (κ1) is 18.2. The third kappa shape index (κ3) is 5.00. The van der Waals surface area contributed by atoms with Crippen LogP contribution in [0.25, 0.3) is 0 Å². The van der Waals surface area contributed by atoms with E-state index in [1.165, 1.54) is 20.8 Å². The van der Waals surface area contributed by atoms with Crippen LogP contribution in [0.2, 0.25) is 0 Å². The Balaban J connectivity index is 5.11. The Hall–Kier alpha value is -0.790. The summed E-state index contributed by atoms with van der Waals surface area (Å²) in [6.45, 7) is 4.05. The molecule has 0 heterocycles. The number of halogens is 4. The molecule has 0 spiro atoms. The molecule has 0 aromatic carbocycles. The van der Waals surface area contributed by atoms with E-state index in [2.05, 4.69) is 15.9 Å². The topological polar surface area (TPSA) is 57.6 Å². The van der Waals surface area contributed by atoms with Gasteiger partial charge in [-0.1, -0.05) is 41.2 Å². The van der Waals surface area contributed by atoms with E-state index in [9.17, 15) is 22.9 Å². The smallest absolute Gasteiger partial charge is 0.329 e. The van der Waals surface area contributed by atoms with Crippen LogP contribution in [0, 0.1) is 5.41 Å². The molecule has 0 aliphatic carbocycles. The van der Waals surface area contributed by atoms with Crippen LogP contribution in [0.1, 0.15) is 33.6 Å². The van der Waals surface area contributed by atoms with Gasteiger partial charge >= 0.3 is 17.8 Å². The number of carboxylic acid groups (broad SMARTS) is 1. The van der Waals surface area contributed by atoms with Crippen molar-refractivity contribution in [2.45, 2.75) is 45.6 Å². The van der Waals surface area contributed by atoms with Crippen molar-refractivity contribution in [3.8, 4) is 0 Å². The monoisotopic (exact) mass is 347 g/mol. The Morgan fingerprint density at radius 2 is 1.79 bits per heavy atom. The number of carbonyl (C=O) groups excluding carboxylic acids is 1. The van der Waals surface area contributed by atoms with E-state index in [-0.39, 0.29) is 11.8 Å². The minimum absolute atomic E-state index is 0.0279. The van der Waals surface area contributed by atoms with Crippen molar-refractivity contribution in [2.24, 2.45) is 5.41 Å². The van der Waals surface area contributed by atoms with Crippen molar-refractivity contribution in [3.05, 3.63) is 0 Å². The molecule has 0 saturated heterocycles. The molecule has 0 aromatic heterocycles. The molecule has 0 aromatic rings. The molecule has 1 N–H and O–H groups in total. The van der Waals surface area contributed by atoms with E-state index in [1.54, 1.807) is 0 Å². The summed E-state index contributed by atoms with van der Waals surface area (Å²) in [6.07, 6.45) is -0.867. The van der Waals surface area contributed by atoms with Gasteiger partial charge in [0.15, 0.2) is 6.04 Å². The van der Waals surface area contributed by atoms with Crippen molar-refractivity contribution in [2.75, 3.05) is 5.33 Å². The van der Waals surface area contributed by atoms with Crippen LogP contribution in [0.3, 0.4) is 0 Å². The quantitative estimate of drug-likeness (QED) is 0.593. The minimum Gasteiger partial charge on any atom is -0.480 e. The van der Waals surface area contributed by atoms with Gasteiger partial charge in [-0.25, -0.2) is 4.79 Å². The number of alkyl halides is 3. The second-order valence-corrected chi connectivity index (χ2v) is 6.01. The van der Waals surface area contributed by atoms with Crippen molar-refractivity contribution in [1.82, 2.24) is 5.12 Å². The predicted molar refractivity (Wildman–Crippen MR) is 66.8 cm³/mol. The lowest BCUT2D eigenvalue weighted by Gasteiger charge is -2.32. The molecule has 1 unspecified atom stereocenters. The first-order valence-corrected chi connectivity index (χ1v) is 6.73. The van der Waals surface area contributed by atoms with Gasteiger partial charge in [0.05, 0.1) is 0 Å². The van der Waals surface area contributed by atoms with Gasteiger partial charge in [-0.05, 0) is 11.8 Å². The second-order valence-electron chi connectivity index (χ2n) is 5.22. The van der Waals surface area contributed by atoms with Gasteiger partial charge in [-0.3, -0.25) is 4.79 Å². The summed E-state index contributed by atoms with van der Waals surface area (Å²) in [5.41, 5.74) is -1.21. The van der Waals surface area contributed by atoms with Gasteiger partial charge < -0.3 is 5.11 Å². The summed E-state index contributed by atoms with van der Waals surface area (Å²) in [7, 11) is 0. The fourth-order valence-corrected chi connectivity index (χ4v) is 1.76. The molecule has 0 bridgehead atoms. The second kappa shape index (κ2) is 6.58. The fraction of sp³-hybridized carbons (Fsp3) is 0.818. The summed E-state index contributed by atoms with van der Waals surface area (Å²) in [5.74, 6) is -7.70. The first-order valence-electron chi connectivity index (χ1n) is 5.61. The van der Waals surface area contributed by atoms with Gasteiger partial charge in [0.2, 0.25) is 0 Å². The maximum absolute atomic E-state index is 13.7. The summed E-state index contributed by atoms with van der Waals surface area (Å²) in [4.78, 5) is 22.3. The highest BCUT2D eigenvalue weighted by atomic mass is 79.9. The summed E-state index contributed by atoms with van der Waals surface area (Å²) < 4.78 is 40.6. The average molecular weight is 348 g/mol. The van der Waals surface area contributed by atoms with Gasteiger partial charge in [-0.2, -0.15) is 13.9 Å². The summed E-state index contributed by atoms with van der Waals surface area (Å²) >= 11 is 2.93.